The average molecular weight is 655 g/mol. The Morgan fingerprint density at radius 1 is 0.622 bits per heavy atom. The van der Waals surface area contributed by atoms with Crippen LogP contribution in [0.3, 0.4) is 0 Å². The van der Waals surface area contributed by atoms with Crippen LogP contribution in [-0.2, 0) is 32.7 Å². The highest BCUT2D eigenvalue weighted by molar-refractivity contribution is 7.47. The zero-order valence-electron chi connectivity index (χ0n) is 28.5. The number of phosphoric ester groups is 1. The molecule has 0 saturated heterocycles. The standard InChI is InChI=1S/C36H63O8P/c1-4-6-8-10-12-14-16-18-20-22-24-26-28-30-35(37)42-32-34(33-43-45(39,40)41-3)44-36(38)31-29-27-25-23-21-19-17-15-13-11-9-7-5-2/h8-11,14-17,34H,4-7,12-13,18-33H2,1-3H3,(H,39,40)/b10-8-,11-9-,16-14-,17-15-. The molecule has 8 nitrogen and oxygen atoms in total. The molecule has 0 amide bonds. The Balaban J connectivity index is 4.16. The quantitative estimate of drug-likeness (QED) is 0.0340. The number of esters is 2. The first kappa shape index (κ1) is 43.0. The fourth-order valence-electron chi connectivity index (χ4n) is 4.32. The number of hydrogen-bond donors (Lipinski definition) is 1. The normalized spacial score (nSPS) is 14.1. The second-order valence-corrected chi connectivity index (χ2v) is 12.8. The van der Waals surface area contributed by atoms with Gasteiger partial charge in [0, 0.05) is 20.0 Å². The molecule has 0 heterocycles. The van der Waals surface area contributed by atoms with Crippen LogP contribution in [0.25, 0.3) is 0 Å². The molecule has 0 rings (SSSR count). The van der Waals surface area contributed by atoms with E-state index in [1.54, 1.807) is 0 Å². The molecule has 0 aromatic carbocycles. The van der Waals surface area contributed by atoms with E-state index >= 15 is 0 Å². The number of carbonyl (C=O) groups excluding carboxylic acids is 2. The van der Waals surface area contributed by atoms with Crippen molar-refractivity contribution in [3.63, 3.8) is 0 Å². The number of allylic oxidation sites excluding steroid dienone is 8. The third kappa shape index (κ3) is 31.8. The number of rotatable bonds is 31. The summed E-state index contributed by atoms with van der Waals surface area (Å²) in [4.78, 5) is 34.2. The van der Waals surface area contributed by atoms with Gasteiger partial charge in [-0.25, -0.2) is 4.57 Å². The molecule has 0 aliphatic rings. The van der Waals surface area contributed by atoms with Crippen LogP contribution in [0.4, 0.5) is 0 Å². The summed E-state index contributed by atoms with van der Waals surface area (Å²) in [6.07, 6.45) is 35.9. The molecular formula is C36H63O8P. The Hall–Kier alpha value is -1.99. The summed E-state index contributed by atoms with van der Waals surface area (Å²) in [6.45, 7) is 3.70. The van der Waals surface area contributed by atoms with Crippen molar-refractivity contribution in [2.24, 2.45) is 0 Å². The summed E-state index contributed by atoms with van der Waals surface area (Å²) in [5.41, 5.74) is 0. The molecule has 0 radical (unpaired) electrons. The summed E-state index contributed by atoms with van der Waals surface area (Å²) >= 11 is 0. The van der Waals surface area contributed by atoms with Gasteiger partial charge in [-0.1, -0.05) is 114 Å². The van der Waals surface area contributed by atoms with Crippen LogP contribution >= 0.6 is 7.82 Å². The van der Waals surface area contributed by atoms with E-state index in [1.165, 1.54) is 12.8 Å². The maximum absolute atomic E-state index is 12.4. The van der Waals surface area contributed by atoms with Crippen LogP contribution in [0, 0.1) is 0 Å². The number of hydrogen-bond acceptors (Lipinski definition) is 7. The van der Waals surface area contributed by atoms with Crippen molar-refractivity contribution in [3.8, 4) is 0 Å². The van der Waals surface area contributed by atoms with E-state index in [-0.39, 0.29) is 19.4 Å². The molecule has 1 N–H and O–H groups in total. The summed E-state index contributed by atoms with van der Waals surface area (Å²) < 4.78 is 31.7. The van der Waals surface area contributed by atoms with Crippen LogP contribution in [-0.4, -0.2) is 43.3 Å². The summed E-state index contributed by atoms with van der Waals surface area (Å²) in [7, 11) is -3.21. The largest absolute Gasteiger partial charge is 0.472 e. The lowest BCUT2D eigenvalue weighted by Gasteiger charge is -2.19. The fourth-order valence-corrected chi connectivity index (χ4v) is 4.78. The van der Waals surface area contributed by atoms with E-state index in [0.29, 0.717) is 6.42 Å². The Bertz CT molecular complexity index is 880. The Morgan fingerprint density at radius 3 is 1.56 bits per heavy atom. The molecule has 260 valence electrons. The highest BCUT2D eigenvalue weighted by Gasteiger charge is 2.24. The fraction of sp³-hybridized carbons (Fsp3) is 0.722. The highest BCUT2D eigenvalue weighted by atomic mass is 31.2. The van der Waals surface area contributed by atoms with Crippen LogP contribution in [0.1, 0.15) is 142 Å². The van der Waals surface area contributed by atoms with Gasteiger partial charge in [-0.3, -0.25) is 18.6 Å². The molecule has 0 fully saturated rings. The zero-order chi connectivity index (χ0) is 33.3. The molecule has 0 spiro atoms. The van der Waals surface area contributed by atoms with Crippen molar-refractivity contribution < 1.29 is 37.6 Å². The van der Waals surface area contributed by atoms with E-state index < -0.39 is 32.5 Å². The lowest BCUT2D eigenvalue weighted by Crippen LogP contribution is -2.29. The predicted molar refractivity (Wildman–Crippen MR) is 184 cm³/mol. The Labute approximate surface area is 274 Å². The molecule has 0 aromatic heterocycles. The number of carbonyl (C=O) groups is 2. The first-order chi connectivity index (χ1) is 21.8. The number of ether oxygens (including phenoxy) is 2. The van der Waals surface area contributed by atoms with Crippen molar-refractivity contribution in [1.29, 1.82) is 0 Å². The SMILES string of the molecule is CCC/C=C\C/C=C\CCCCCCCC(=O)OCC(COP(=O)(O)OC)OC(=O)CCCCCCC/C=C\C/C=C\CCC. The van der Waals surface area contributed by atoms with E-state index in [2.05, 4.69) is 67.0 Å². The van der Waals surface area contributed by atoms with Crippen LogP contribution in [0.15, 0.2) is 48.6 Å². The average Bonchev–Trinajstić information content (AvgIpc) is 3.03. The maximum Gasteiger partial charge on any atom is 0.472 e. The van der Waals surface area contributed by atoms with Crippen molar-refractivity contribution in [2.75, 3.05) is 20.3 Å². The third-order valence-electron chi connectivity index (χ3n) is 7.01. The minimum Gasteiger partial charge on any atom is -0.462 e. The first-order valence-electron chi connectivity index (χ1n) is 17.3. The van der Waals surface area contributed by atoms with Gasteiger partial charge < -0.3 is 14.4 Å². The topological polar surface area (TPSA) is 108 Å². The molecule has 45 heavy (non-hydrogen) atoms. The van der Waals surface area contributed by atoms with Crippen molar-refractivity contribution >= 4 is 19.8 Å². The van der Waals surface area contributed by atoms with Crippen molar-refractivity contribution in [1.82, 2.24) is 0 Å². The van der Waals surface area contributed by atoms with Gasteiger partial charge in [-0.05, 0) is 64.2 Å². The van der Waals surface area contributed by atoms with Gasteiger partial charge in [-0.15, -0.1) is 0 Å². The minimum atomic E-state index is -4.26. The number of unbranched alkanes of at least 4 members (excludes halogenated alkanes) is 12. The minimum absolute atomic E-state index is 0.224. The van der Waals surface area contributed by atoms with Crippen LogP contribution in [0.2, 0.25) is 0 Å². The van der Waals surface area contributed by atoms with Gasteiger partial charge in [0.1, 0.15) is 6.61 Å². The molecule has 0 aliphatic carbocycles. The first-order valence-corrected chi connectivity index (χ1v) is 18.8. The smallest absolute Gasteiger partial charge is 0.462 e. The van der Waals surface area contributed by atoms with E-state index in [4.69, 9.17) is 14.0 Å². The second-order valence-electron chi connectivity index (χ2n) is 11.3. The monoisotopic (exact) mass is 654 g/mol. The molecule has 9 heteroatoms. The predicted octanol–water partition coefficient (Wildman–Crippen LogP) is 10.3. The summed E-state index contributed by atoms with van der Waals surface area (Å²) in [6, 6.07) is 0. The van der Waals surface area contributed by atoms with Crippen molar-refractivity contribution in [3.05, 3.63) is 48.6 Å². The molecule has 0 aliphatic heterocycles. The molecule has 2 unspecified atom stereocenters. The Morgan fingerprint density at radius 2 is 1.07 bits per heavy atom. The molecule has 0 aromatic rings. The maximum atomic E-state index is 12.4. The zero-order valence-corrected chi connectivity index (χ0v) is 29.4. The van der Waals surface area contributed by atoms with Crippen LogP contribution in [0.5, 0.6) is 0 Å². The van der Waals surface area contributed by atoms with Gasteiger partial charge >= 0.3 is 19.8 Å². The highest BCUT2D eigenvalue weighted by Crippen LogP contribution is 2.42. The second kappa shape index (κ2) is 32.0. The van der Waals surface area contributed by atoms with Gasteiger partial charge in [0.05, 0.1) is 6.61 Å². The molecule has 2 atom stereocenters. The van der Waals surface area contributed by atoms with Gasteiger partial charge in [0.15, 0.2) is 6.10 Å². The van der Waals surface area contributed by atoms with Gasteiger partial charge in [0.2, 0.25) is 0 Å². The van der Waals surface area contributed by atoms with Crippen LogP contribution < -0.4 is 0 Å². The molecular weight excluding hydrogens is 591 g/mol. The Kier molecular flexibility index (Phi) is 30.6. The van der Waals surface area contributed by atoms with E-state index in [9.17, 15) is 19.0 Å². The molecule has 0 bridgehead atoms. The lowest BCUT2D eigenvalue weighted by molar-refractivity contribution is -0.161. The summed E-state index contributed by atoms with van der Waals surface area (Å²) in [5, 5.41) is 0. The number of phosphoric acid groups is 1. The van der Waals surface area contributed by atoms with Gasteiger partial charge in [-0.2, -0.15) is 0 Å². The lowest BCUT2D eigenvalue weighted by atomic mass is 10.1. The van der Waals surface area contributed by atoms with Gasteiger partial charge in [0.25, 0.3) is 0 Å². The van der Waals surface area contributed by atoms with Crippen molar-refractivity contribution in [2.45, 2.75) is 148 Å². The third-order valence-corrected chi connectivity index (χ3v) is 7.94. The molecule has 0 saturated carbocycles. The van der Waals surface area contributed by atoms with E-state index in [0.717, 1.165) is 103 Å². The summed E-state index contributed by atoms with van der Waals surface area (Å²) in [5.74, 6) is -0.844. The van der Waals surface area contributed by atoms with E-state index in [1.807, 2.05) is 0 Å².